The van der Waals surface area contributed by atoms with Crippen molar-refractivity contribution in [1.82, 2.24) is 9.38 Å². The van der Waals surface area contributed by atoms with Gasteiger partial charge in [-0.05, 0) is 24.3 Å². The van der Waals surface area contributed by atoms with Crippen molar-refractivity contribution in [3.63, 3.8) is 0 Å². The average molecular weight is 183 g/mol. The fourth-order valence-corrected chi connectivity index (χ4v) is 1.75. The second-order valence-corrected chi connectivity index (χ2v) is 3.25. The lowest BCUT2D eigenvalue weighted by Gasteiger charge is -2.03. The summed E-state index contributed by atoms with van der Waals surface area (Å²) in [5, 5.41) is 0. The number of hydrogen-bond donors (Lipinski definition) is 1. The molecule has 68 valence electrons. The van der Waals surface area contributed by atoms with Gasteiger partial charge in [0.15, 0.2) is 0 Å². The Bertz CT molecular complexity index is 610. The molecule has 0 aliphatic rings. The predicted octanol–water partition coefficient (Wildman–Crippen LogP) is 2.07. The van der Waals surface area contributed by atoms with Crippen LogP contribution in [0.2, 0.25) is 0 Å². The van der Waals surface area contributed by atoms with Gasteiger partial charge in [0.05, 0.1) is 16.6 Å². The number of hydrogen-bond acceptors (Lipinski definition) is 2. The van der Waals surface area contributed by atoms with Crippen molar-refractivity contribution in [2.24, 2.45) is 0 Å². The largest absolute Gasteiger partial charge is 0.382 e. The summed E-state index contributed by atoms with van der Waals surface area (Å²) in [6.45, 7) is 0. The van der Waals surface area contributed by atoms with Crippen LogP contribution in [0.4, 0.5) is 5.82 Å². The summed E-state index contributed by atoms with van der Waals surface area (Å²) >= 11 is 0. The highest BCUT2D eigenvalue weighted by atomic mass is 15.0. The Morgan fingerprint density at radius 3 is 2.71 bits per heavy atom. The molecule has 3 nitrogen and oxygen atoms in total. The smallest absolute Gasteiger partial charge is 0.148 e. The molecule has 0 fully saturated rings. The minimum Gasteiger partial charge on any atom is -0.382 e. The summed E-state index contributed by atoms with van der Waals surface area (Å²) in [7, 11) is 0. The van der Waals surface area contributed by atoms with Crippen LogP contribution in [-0.2, 0) is 0 Å². The molecule has 0 saturated carbocycles. The molecule has 0 bridgehead atoms. The van der Waals surface area contributed by atoms with Crippen molar-refractivity contribution >= 4 is 22.4 Å². The molecule has 3 heteroatoms. The highest BCUT2D eigenvalue weighted by Crippen LogP contribution is 2.19. The number of aromatic nitrogens is 2. The van der Waals surface area contributed by atoms with Crippen molar-refractivity contribution in [2.45, 2.75) is 0 Å². The van der Waals surface area contributed by atoms with E-state index < -0.39 is 0 Å². The molecule has 2 heterocycles. The molecule has 0 unspecified atom stereocenters. The van der Waals surface area contributed by atoms with Crippen LogP contribution in [0.5, 0.6) is 0 Å². The molecule has 3 rings (SSSR count). The third-order valence-corrected chi connectivity index (χ3v) is 2.39. The first-order valence-corrected chi connectivity index (χ1v) is 4.47. The fourth-order valence-electron chi connectivity index (χ4n) is 1.75. The molecule has 2 N–H and O–H groups in total. The first-order chi connectivity index (χ1) is 6.86. The van der Waals surface area contributed by atoms with E-state index in [0.29, 0.717) is 5.82 Å². The lowest BCUT2D eigenvalue weighted by Crippen LogP contribution is -1.96. The van der Waals surface area contributed by atoms with Crippen LogP contribution in [0.1, 0.15) is 0 Å². The number of fused-ring (bicyclic) bond motifs is 3. The molecular formula is C11H9N3. The van der Waals surface area contributed by atoms with E-state index in [1.54, 1.807) is 0 Å². The summed E-state index contributed by atoms with van der Waals surface area (Å²) in [4.78, 5) is 4.33. The summed E-state index contributed by atoms with van der Waals surface area (Å²) < 4.78 is 2.05. The zero-order valence-corrected chi connectivity index (χ0v) is 7.51. The number of benzene rings is 1. The van der Waals surface area contributed by atoms with Gasteiger partial charge >= 0.3 is 0 Å². The Labute approximate surface area is 80.8 Å². The Morgan fingerprint density at radius 2 is 1.79 bits per heavy atom. The van der Waals surface area contributed by atoms with Crippen LogP contribution >= 0.6 is 0 Å². The van der Waals surface area contributed by atoms with Crippen molar-refractivity contribution in [3.05, 3.63) is 42.6 Å². The van der Waals surface area contributed by atoms with Crippen LogP contribution < -0.4 is 5.73 Å². The molecule has 14 heavy (non-hydrogen) atoms. The van der Waals surface area contributed by atoms with E-state index in [9.17, 15) is 0 Å². The third-order valence-electron chi connectivity index (χ3n) is 2.39. The highest BCUT2D eigenvalue weighted by molar-refractivity contribution is 5.83. The number of nitrogen functional groups attached to an aromatic ring is 1. The first kappa shape index (κ1) is 7.38. The van der Waals surface area contributed by atoms with Gasteiger partial charge in [0.2, 0.25) is 0 Å². The van der Waals surface area contributed by atoms with Crippen LogP contribution in [-0.4, -0.2) is 9.38 Å². The highest BCUT2D eigenvalue weighted by Gasteiger charge is 2.03. The first-order valence-electron chi connectivity index (χ1n) is 4.47. The number of nitrogens with two attached hydrogens (primary N) is 1. The lowest BCUT2D eigenvalue weighted by molar-refractivity contribution is 1.23. The molecule has 0 saturated heterocycles. The van der Waals surface area contributed by atoms with E-state index in [1.165, 1.54) is 0 Å². The zero-order valence-electron chi connectivity index (χ0n) is 7.51. The van der Waals surface area contributed by atoms with Crippen LogP contribution in [0.3, 0.4) is 0 Å². The number of rotatable bonds is 0. The van der Waals surface area contributed by atoms with Gasteiger partial charge in [0, 0.05) is 6.20 Å². The van der Waals surface area contributed by atoms with E-state index in [4.69, 9.17) is 5.73 Å². The van der Waals surface area contributed by atoms with E-state index >= 15 is 0 Å². The monoisotopic (exact) mass is 183 g/mol. The van der Waals surface area contributed by atoms with Crippen LogP contribution in [0, 0.1) is 0 Å². The quantitative estimate of drug-likeness (QED) is 0.579. The minimum absolute atomic E-state index is 0.578. The molecule has 3 aromatic rings. The van der Waals surface area contributed by atoms with E-state index in [1.807, 2.05) is 42.6 Å². The Kier molecular flexibility index (Phi) is 1.31. The Morgan fingerprint density at radius 1 is 1.00 bits per heavy atom. The maximum atomic E-state index is 5.83. The lowest BCUT2D eigenvalue weighted by atomic mass is 10.3. The van der Waals surface area contributed by atoms with Crippen molar-refractivity contribution in [2.75, 3.05) is 5.73 Å². The molecular weight excluding hydrogens is 174 g/mol. The van der Waals surface area contributed by atoms with E-state index in [-0.39, 0.29) is 0 Å². The maximum absolute atomic E-state index is 5.83. The van der Waals surface area contributed by atoms with Crippen molar-refractivity contribution in [3.8, 4) is 0 Å². The van der Waals surface area contributed by atoms with Gasteiger partial charge in [-0.25, -0.2) is 4.98 Å². The Hall–Kier alpha value is -2.03. The molecule has 2 aromatic heterocycles. The predicted molar refractivity (Wildman–Crippen MR) is 57.1 cm³/mol. The minimum atomic E-state index is 0.578. The molecule has 0 atom stereocenters. The number of anilines is 1. The van der Waals surface area contributed by atoms with Crippen molar-refractivity contribution < 1.29 is 0 Å². The van der Waals surface area contributed by atoms with Crippen molar-refractivity contribution in [1.29, 1.82) is 0 Å². The summed E-state index contributed by atoms with van der Waals surface area (Å²) in [5.74, 6) is 0.578. The third kappa shape index (κ3) is 0.836. The van der Waals surface area contributed by atoms with E-state index in [0.717, 1.165) is 16.6 Å². The van der Waals surface area contributed by atoms with Gasteiger partial charge in [0.25, 0.3) is 0 Å². The topological polar surface area (TPSA) is 43.3 Å². The van der Waals surface area contributed by atoms with Gasteiger partial charge in [0.1, 0.15) is 5.82 Å². The molecule has 0 aliphatic heterocycles. The normalized spacial score (nSPS) is 11.1. The van der Waals surface area contributed by atoms with Gasteiger partial charge in [-0.1, -0.05) is 12.1 Å². The average Bonchev–Trinajstić information content (AvgIpc) is 2.67. The molecule has 1 aromatic carbocycles. The van der Waals surface area contributed by atoms with Crippen LogP contribution in [0.25, 0.3) is 16.6 Å². The zero-order chi connectivity index (χ0) is 9.54. The number of para-hydroxylation sites is 2. The molecule has 0 spiro atoms. The van der Waals surface area contributed by atoms with Gasteiger partial charge in [-0.15, -0.1) is 0 Å². The van der Waals surface area contributed by atoms with Gasteiger partial charge < -0.3 is 10.1 Å². The maximum Gasteiger partial charge on any atom is 0.148 e. The summed E-state index contributed by atoms with van der Waals surface area (Å²) in [6.07, 6.45) is 2.00. The van der Waals surface area contributed by atoms with Gasteiger partial charge in [-0.2, -0.15) is 0 Å². The summed E-state index contributed by atoms with van der Waals surface area (Å²) in [6, 6.07) is 11.9. The fraction of sp³-hybridized carbons (Fsp3) is 0. The second-order valence-electron chi connectivity index (χ2n) is 3.25. The van der Waals surface area contributed by atoms with Crippen LogP contribution in [0.15, 0.2) is 42.6 Å². The Balaban J connectivity index is 2.66. The molecule has 0 aliphatic carbocycles. The van der Waals surface area contributed by atoms with Gasteiger partial charge in [-0.3, -0.25) is 0 Å². The number of nitrogens with zero attached hydrogens (tertiary/aromatic N) is 2. The molecule has 0 amide bonds. The second kappa shape index (κ2) is 2.48. The summed E-state index contributed by atoms with van der Waals surface area (Å²) in [5.41, 5.74) is 8.81. The SMILES string of the molecule is Nc1nc2ccccc2n2cccc12. The molecule has 0 radical (unpaired) electrons. The van der Waals surface area contributed by atoms with E-state index in [2.05, 4.69) is 9.38 Å². The standard InChI is InChI=1S/C11H9N3/c12-11-10-6-3-7-14(10)9-5-2-1-4-8(9)13-11/h1-7H,(H2,12,13).